The van der Waals surface area contributed by atoms with Crippen molar-refractivity contribution in [1.29, 1.82) is 0 Å². The highest BCUT2D eigenvalue weighted by atomic mass is 32.1. The first kappa shape index (κ1) is 14.2. The molecule has 0 saturated carbocycles. The lowest BCUT2D eigenvalue weighted by atomic mass is 10.2. The lowest BCUT2D eigenvalue weighted by Gasteiger charge is -2.08. The van der Waals surface area contributed by atoms with Gasteiger partial charge in [-0.3, -0.25) is 4.79 Å². The van der Waals surface area contributed by atoms with Gasteiger partial charge in [0.25, 0.3) is 0 Å². The fraction of sp³-hybridized carbons (Fsp3) is 0.375. The zero-order valence-corrected chi connectivity index (χ0v) is 12.8. The molecule has 1 N–H and O–H groups in total. The van der Waals surface area contributed by atoms with Crippen LogP contribution in [-0.4, -0.2) is 23.6 Å². The number of rotatable bonds is 4. The number of ether oxygens (including phenoxy) is 1. The number of benzene rings is 1. The van der Waals surface area contributed by atoms with Crippen LogP contribution in [0.1, 0.15) is 24.1 Å². The summed E-state index contributed by atoms with van der Waals surface area (Å²) in [7, 11) is 0. The summed E-state index contributed by atoms with van der Waals surface area (Å²) >= 11 is 1.60. The van der Waals surface area contributed by atoms with Crippen LogP contribution in [0.15, 0.2) is 29.6 Å². The van der Waals surface area contributed by atoms with Gasteiger partial charge < -0.3 is 10.1 Å². The second-order valence-electron chi connectivity index (χ2n) is 5.23. The molecule has 0 spiro atoms. The van der Waals surface area contributed by atoms with Gasteiger partial charge in [0.15, 0.2) is 0 Å². The summed E-state index contributed by atoms with van der Waals surface area (Å²) in [6.07, 6.45) is 1.50. The van der Waals surface area contributed by atoms with Crippen LogP contribution in [0.25, 0.3) is 10.6 Å². The first-order chi connectivity index (χ1) is 10.2. The Morgan fingerprint density at radius 2 is 2.24 bits per heavy atom. The van der Waals surface area contributed by atoms with Gasteiger partial charge in [0.1, 0.15) is 11.1 Å². The largest absolute Gasteiger partial charge is 0.368 e. The molecule has 1 aromatic carbocycles. The Labute approximate surface area is 128 Å². The molecule has 2 heterocycles. The van der Waals surface area contributed by atoms with Crippen molar-refractivity contribution in [2.45, 2.75) is 32.4 Å². The second-order valence-corrected chi connectivity index (χ2v) is 6.09. The summed E-state index contributed by atoms with van der Waals surface area (Å²) in [5, 5.41) is 5.87. The highest BCUT2D eigenvalue weighted by Crippen LogP contribution is 2.24. The van der Waals surface area contributed by atoms with Crippen LogP contribution in [0, 0.1) is 6.92 Å². The van der Waals surface area contributed by atoms with Crippen molar-refractivity contribution >= 4 is 17.2 Å². The molecule has 21 heavy (non-hydrogen) atoms. The quantitative estimate of drug-likeness (QED) is 0.945. The van der Waals surface area contributed by atoms with Crippen molar-refractivity contribution in [2.24, 2.45) is 0 Å². The number of carbonyl (C=O) groups is 1. The minimum Gasteiger partial charge on any atom is -0.368 e. The smallest absolute Gasteiger partial charge is 0.249 e. The lowest BCUT2D eigenvalue weighted by molar-refractivity contribution is -0.130. The average Bonchev–Trinajstić information content (AvgIpc) is 3.17. The number of hydrogen-bond donors (Lipinski definition) is 1. The van der Waals surface area contributed by atoms with E-state index >= 15 is 0 Å². The monoisotopic (exact) mass is 302 g/mol. The molecule has 1 amide bonds. The standard InChI is InChI=1S/C16H18N2O2S/c1-11-4-6-12(7-5-11)16-18-13(10-21-16)9-17-15(19)14-3-2-8-20-14/h4-7,10,14H,2-3,8-9H2,1H3,(H,17,19)/t14-/m0/s1. The van der Waals surface area contributed by atoms with Gasteiger partial charge in [-0.05, 0) is 19.8 Å². The molecule has 0 unspecified atom stereocenters. The van der Waals surface area contributed by atoms with Crippen molar-refractivity contribution in [2.75, 3.05) is 6.61 Å². The molecule has 4 nitrogen and oxygen atoms in total. The Morgan fingerprint density at radius 3 is 2.95 bits per heavy atom. The Bertz CT molecular complexity index is 615. The van der Waals surface area contributed by atoms with E-state index in [-0.39, 0.29) is 12.0 Å². The van der Waals surface area contributed by atoms with Crippen LogP contribution < -0.4 is 5.32 Å². The van der Waals surface area contributed by atoms with E-state index in [1.165, 1.54) is 5.56 Å². The third-order valence-electron chi connectivity index (χ3n) is 3.52. The molecule has 3 rings (SSSR count). The van der Waals surface area contributed by atoms with Gasteiger partial charge >= 0.3 is 0 Å². The van der Waals surface area contributed by atoms with Gasteiger partial charge in [0.2, 0.25) is 5.91 Å². The minimum atomic E-state index is -0.278. The number of hydrogen-bond acceptors (Lipinski definition) is 4. The van der Waals surface area contributed by atoms with Gasteiger partial charge in [-0.2, -0.15) is 0 Å². The summed E-state index contributed by atoms with van der Waals surface area (Å²) in [6.45, 7) is 3.21. The Kier molecular flexibility index (Phi) is 4.31. The number of amides is 1. The number of aryl methyl sites for hydroxylation is 1. The van der Waals surface area contributed by atoms with Crippen LogP contribution in [0.5, 0.6) is 0 Å². The molecule has 1 atom stereocenters. The van der Waals surface area contributed by atoms with Gasteiger partial charge in [0, 0.05) is 17.6 Å². The molecule has 2 aromatic rings. The van der Waals surface area contributed by atoms with E-state index in [1.54, 1.807) is 11.3 Å². The fourth-order valence-electron chi connectivity index (χ4n) is 2.29. The summed E-state index contributed by atoms with van der Waals surface area (Å²) in [5.74, 6) is -0.0302. The van der Waals surface area contributed by atoms with E-state index in [2.05, 4.69) is 41.5 Å². The maximum atomic E-state index is 11.9. The van der Waals surface area contributed by atoms with E-state index in [1.807, 2.05) is 5.38 Å². The van der Waals surface area contributed by atoms with Crippen molar-refractivity contribution < 1.29 is 9.53 Å². The minimum absolute atomic E-state index is 0.0302. The lowest BCUT2D eigenvalue weighted by Crippen LogP contribution is -2.33. The zero-order valence-electron chi connectivity index (χ0n) is 12.0. The van der Waals surface area contributed by atoms with E-state index in [0.717, 1.165) is 29.1 Å². The normalized spacial score (nSPS) is 17.9. The van der Waals surface area contributed by atoms with Crippen molar-refractivity contribution in [3.63, 3.8) is 0 Å². The van der Waals surface area contributed by atoms with Gasteiger partial charge in [-0.25, -0.2) is 4.98 Å². The maximum Gasteiger partial charge on any atom is 0.249 e. The first-order valence-corrected chi connectivity index (χ1v) is 8.01. The number of nitrogens with one attached hydrogen (secondary N) is 1. The maximum absolute atomic E-state index is 11.9. The topological polar surface area (TPSA) is 51.2 Å². The molecule has 0 aliphatic carbocycles. The molecular formula is C16H18N2O2S. The van der Waals surface area contributed by atoms with Crippen LogP contribution >= 0.6 is 11.3 Å². The van der Waals surface area contributed by atoms with Crippen LogP contribution in [-0.2, 0) is 16.1 Å². The third kappa shape index (κ3) is 3.49. The fourth-order valence-corrected chi connectivity index (χ4v) is 3.12. The summed E-state index contributed by atoms with van der Waals surface area (Å²) in [5.41, 5.74) is 3.24. The van der Waals surface area contributed by atoms with Crippen LogP contribution in [0.4, 0.5) is 0 Å². The number of thiazole rings is 1. The zero-order chi connectivity index (χ0) is 14.7. The summed E-state index contributed by atoms with van der Waals surface area (Å²) in [4.78, 5) is 16.4. The average molecular weight is 302 g/mol. The van der Waals surface area contributed by atoms with E-state index in [9.17, 15) is 4.79 Å². The van der Waals surface area contributed by atoms with Gasteiger partial charge in [-0.1, -0.05) is 29.8 Å². The Morgan fingerprint density at radius 1 is 1.43 bits per heavy atom. The second kappa shape index (κ2) is 6.37. The van der Waals surface area contributed by atoms with Gasteiger partial charge in [-0.15, -0.1) is 11.3 Å². The summed E-state index contributed by atoms with van der Waals surface area (Å²) < 4.78 is 5.36. The molecule has 1 aromatic heterocycles. The van der Waals surface area contributed by atoms with E-state index in [0.29, 0.717) is 13.2 Å². The number of aromatic nitrogens is 1. The number of carbonyl (C=O) groups excluding carboxylic acids is 1. The van der Waals surface area contributed by atoms with E-state index < -0.39 is 0 Å². The molecule has 110 valence electrons. The summed E-state index contributed by atoms with van der Waals surface area (Å²) in [6, 6.07) is 8.30. The number of nitrogens with zero attached hydrogens (tertiary/aromatic N) is 1. The molecular weight excluding hydrogens is 284 g/mol. The van der Waals surface area contributed by atoms with Gasteiger partial charge in [0.05, 0.1) is 12.2 Å². The SMILES string of the molecule is Cc1ccc(-c2nc(CNC(=O)[C@@H]3CCCO3)cs2)cc1. The predicted molar refractivity (Wildman–Crippen MR) is 83.1 cm³/mol. The molecule has 0 bridgehead atoms. The molecule has 1 fully saturated rings. The Hall–Kier alpha value is -1.72. The highest BCUT2D eigenvalue weighted by molar-refractivity contribution is 7.13. The van der Waals surface area contributed by atoms with E-state index in [4.69, 9.17) is 4.74 Å². The molecule has 1 saturated heterocycles. The first-order valence-electron chi connectivity index (χ1n) is 7.13. The molecule has 0 radical (unpaired) electrons. The van der Waals surface area contributed by atoms with Crippen molar-refractivity contribution in [3.8, 4) is 10.6 Å². The van der Waals surface area contributed by atoms with Crippen LogP contribution in [0.2, 0.25) is 0 Å². The third-order valence-corrected chi connectivity index (χ3v) is 4.46. The van der Waals surface area contributed by atoms with Crippen LogP contribution in [0.3, 0.4) is 0 Å². The van der Waals surface area contributed by atoms with Crippen molar-refractivity contribution in [1.82, 2.24) is 10.3 Å². The van der Waals surface area contributed by atoms with Crippen molar-refractivity contribution in [3.05, 3.63) is 40.9 Å². The highest BCUT2D eigenvalue weighted by Gasteiger charge is 2.23. The Balaban J connectivity index is 1.60. The molecule has 5 heteroatoms. The molecule has 1 aliphatic rings. The predicted octanol–water partition coefficient (Wildman–Crippen LogP) is 2.91. The molecule has 1 aliphatic heterocycles.